The first-order chi connectivity index (χ1) is 8.92. The molecule has 102 valence electrons. The van der Waals surface area contributed by atoms with Crippen LogP contribution in [-0.4, -0.2) is 13.4 Å². The van der Waals surface area contributed by atoms with Crippen LogP contribution < -0.4 is 25.6 Å². The molecular weight excluding hydrogens is 367 g/mol. The van der Waals surface area contributed by atoms with Gasteiger partial charge in [-0.15, -0.1) is 0 Å². The second kappa shape index (κ2) is 5.96. The van der Waals surface area contributed by atoms with Crippen LogP contribution in [0.1, 0.15) is 0 Å². The van der Waals surface area contributed by atoms with Crippen LogP contribution in [0.25, 0.3) is 0 Å². The van der Waals surface area contributed by atoms with Crippen molar-refractivity contribution >= 4 is 8.32 Å². The number of hydrogen-bond acceptors (Lipinski definition) is 2. The first-order valence-corrected chi connectivity index (χ1v) is 11.7. The quantitative estimate of drug-likeness (QED) is 0.622. The molecular formula is C15H18IO2Si-. The third-order valence-corrected chi connectivity index (χ3v) is 5.81. The zero-order chi connectivity index (χ0) is 13.9. The van der Waals surface area contributed by atoms with Crippen LogP contribution in [0.15, 0.2) is 48.5 Å². The number of benzene rings is 2. The second-order valence-electron chi connectivity index (χ2n) is 5.24. The molecule has 0 radical (unpaired) electrons. The summed E-state index contributed by atoms with van der Waals surface area (Å²) in [6, 6.07) is 15.9. The molecule has 0 fully saturated rings. The summed E-state index contributed by atoms with van der Waals surface area (Å²) in [7, 11) is -1.51. The number of phenolic OH excluding ortho intramolecular Hbond substituents is 1. The Labute approximate surface area is 125 Å². The third-order valence-electron chi connectivity index (χ3n) is 2.28. The molecule has 0 aliphatic heterocycles. The second-order valence-corrected chi connectivity index (χ2v) is 12.7. The molecule has 0 spiro atoms. The molecule has 0 saturated heterocycles. The van der Waals surface area contributed by atoms with Crippen molar-refractivity contribution in [1.82, 2.24) is 0 Å². The maximum absolute atomic E-state index is 9.27. The van der Waals surface area contributed by atoms with Gasteiger partial charge in [0.2, 0.25) is 0 Å². The van der Waals surface area contributed by atoms with Gasteiger partial charge in [0.15, 0.2) is 0 Å². The van der Waals surface area contributed by atoms with E-state index in [1.165, 1.54) is 7.14 Å². The van der Waals surface area contributed by atoms with Gasteiger partial charge in [0.25, 0.3) is 0 Å². The normalized spacial score (nSPS) is 11.5. The van der Waals surface area contributed by atoms with E-state index in [2.05, 4.69) is 43.9 Å². The van der Waals surface area contributed by atoms with E-state index >= 15 is 0 Å². The summed E-state index contributed by atoms with van der Waals surface area (Å²) in [5.41, 5.74) is 0. The first kappa shape index (κ1) is 14.4. The molecule has 1 N–H and O–H groups in total. The Morgan fingerprint density at radius 3 is 1.79 bits per heavy atom. The summed E-state index contributed by atoms with van der Waals surface area (Å²) < 4.78 is 8.60. The summed E-state index contributed by atoms with van der Waals surface area (Å²) >= 11 is -0.186. The molecule has 19 heavy (non-hydrogen) atoms. The van der Waals surface area contributed by atoms with Crippen LogP contribution in [-0.2, 0) is 0 Å². The van der Waals surface area contributed by atoms with E-state index in [4.69, 9.17) is 4.43 Å². The number of halogens is 1. The van der Waals surface area contributed by atoms with Crippen molar-refractivity contribution in [2.45, 2.75) is 19.6 Å². The van der Waals surface area contributed by atoms with E-state index in [0.29, 0.717) is 5.75 Å². The molecule has 0 unspecified atom stereocenters. The van der Waals surface area contributed by atoms with Crippen molar-refractivity contribution in [1.29, 1.82) is 0 Å². The fourth-order valence-corrected chi connectivity index (χ4v) is 4.55. The Kier molecular flexibility index (Phi) is 4.52. The van der Waals surface area contributed by atoms with Crippen LogP contribution in [0.4, 0.5) is 0 Å². The molecule has 2 rings (SSSR count). The Balaban J connectivity index is 2.04. The number of rotatable bonds is 4. The minimum atomic E-state index is -1.51. The van der Waals surface area contributed by atoms with Crippen molar-refractivity contribution in [2.24, 2.45) is 0 Å². The van der Waals surface area contributed by atoms with Gasteiger partial charge in [-0.3, -0.25) is 0 Å². The molecule has 0 atom stereocenters. The molecule has 0 saturated carbocycles. The van der Waals surface area contributed by atoms with Crippen LogP contribution in [0.2, 0.25) is 19.6 Å². The zero-order valence-corrected chi connectivity index (χ0v) is 14.5. The van der Waals surface area contributed by atoms with Crippen LogP contribution in [0.3, 0.4) is 0 Å². The van der Waals surface area contributed by atoms with E-state index in [1.807, 2.05) is 12.1 Å². The minimum absolute atomic E-state index is 0.186. The van der Waals surface area contributed by atoms with E-state index in [9.17, 15) is 5.11 Å². The Bertz CT molecular complexity index is 530. The molecule has 0 heterocycles. The van der Waals surface area contributed by atoms with Gasteiger partial charge in [-0.1, -0.05) is 0 Å². The topological polar surface area (TPSA) is 29.5 Å². The van der Waals surface area contributed by atoms with Crippen molar-refractivity contribution < 1.29 is 30.7 Å². The molecule has 0 aliphatic rings. The SMILES string of the molecule is C[Si](C)(C)Oc1ccc([I-]c2ccc(O)cc2)cc1. The average molecular weight is 385 g/mol. The van der Waals surface area contributed by atoms with E-state index in [0.717, 1.165) is 5.75 Å². The Morgan fingerprint density at radius 1 is 0.842 bits per heavy atom. The molecule has 0 aliphatic carbocycles. The van der Waals surface area contributed by atoms with Gasteiger partial charge in [-0.2, -0.15) is 0 Å². The average Bonchev–Trinajstić information content (AvgIpc) is 2.33. The summed E-state index contributed by atoms with van der Waals surface area (Å²) in [5.74, 6) is 1.30. The molecule has 0 aromatic heterocycles. The molecule has 2 aromatic carbocycles. The Hall–Kier alpha value is -1.01. The van der Waals surface area contributed by atoms with Crippen LogP contribution in [0, 0.1) is 7.14 Å². The van der Waals surface area contributed by atoms with Gasteiger partial charge in [-0.25, -0.2) is 0 Å². The summed E-state index contributed by atoms with van der Waals surface area (Å²) in [6.45, 7) is 6.55. The van der Waals surface area contributed by atoms with Crippen molar-refractivity contribution in [3.05, 3.63) is 55.7 Å². The van der Waals surface area contributed by atoms with Crippen molar-refractivity contribution in [2.75, 3.05) is 0 Å². The van der Waals surface area contributed by atoms with Gasteiger partial charge in [-0.05, 0) is 0 Å². The maximum atomic E-state index is 9.27. The molecule has 0 amide bonds. The van der Waals surface area contributed by atoms with Gasteiger partial charge < -0.3 is 0 Å². The van der Waals surface area contributed by atoms with E-state index in [-0.39, 0.29) is 21.2 Å². The molecule has 0 bridgehead atoms. The number of phenols is 1. The standard InChI is InChI=1S/C15H18IO2Si/c1-19(2,3)18-15-10-6-13(7-11-15)16-12-4-8-14(17)9-5-12/h4-11,17H,1-3H3/q-1. The van der Waals surface area contributed by atoms with Gasteiger partial charge in [0.1, 0.15) is 0 Å². The molecule has 4 heteroatoms. The first-order valence-electron chi connectivity index (χ1n) is 6.15. The van der Waals surface area contributed by atoms with Crippen molar-refractivity contribution in [3.8, 4) is 11.5 Å². The van der Waals surface area contributed by atoms with Gasteiger partial charge >= 0.3 is 126 Å². The van der Waals surface area contributed by atoms with E-state index < -0.39 is 8.32 Å². The molecule has 2 aromatic rings. The van der Waals surface area contributed by atoms with Gasteiger partial charge in [0.05, 0.1) is 0 Å². The predicted octanol–water partition coefficient (Wildman–Crippen LogP) is 0.734. The van der Waals surface area contributed by atoms with Gasteiger partial charge in [0, 0.05) is 0 Å². The monoisotopic (exact) mass is 385 g/mol. The predicted molar refractivity (Wildman–Crippen MR) is 75.9 cm³/mol. The number of hydrogen-bond donors (Lipinski definition) is 1. The fourth-order valence-electron chi connectivity index (χ4n) is 1.55. The number of aromatic hydroxyl groups is 1. The summed E-state index contributed by atoms with van der Waals surface area (Å²) in [6.07, 6.45) is 0. The van der Waals surface area contributed by atoms with Crippen molar-refractivity contribution in [3.63, 3.8) is 0 Å². The van der Waals surface area contributed by atoms with E-state index in [1.54, 1.807) is 12.1 Å². The van der Waals surface area contributed by atoms with Crippen LogP contribution >= 0.6 is 0 Å². The summed E-state index contributed by atoms with van der Waals surface area (Å²) in [5, 5.41) is 9.27. The summed E-state index contributed by atoms with van der Waals surface area (Å²) in [4.78, 5) is 0. The third kappa shape index (κ3) is 4.87. The zero-order valence-electron chi connectivity index (χ0n) is 11.4. The fraction of sp³-hybridized carbons (Fsp3) is 0.200. The molecule has 2 nitrogen and oxygen atoms in total. The van der Waals surface area contributed by atoms with Crippen LogP contribution in [0.5, 0.6) is 11.5 Å². The Morgan fingerprint density at radius 2 is 1.32 bits per heavy atom.